The number of oxazole rings is 1. The monoisotopic (exact) mass is 274 g/mol. The average Bonchev–Trinajstić information content (AvgIpc) is 2.85. The van der Waals surface area contributed by atoms with Crippen molar-refractivity contribution in [3.05, 3.63) is 47.2 Å². The zero-order valence-corrected chi connectivity index (χ0v) is 11.7. The van der Waals surface area contributed by atoms with Gasteiger partial charge in [-0.15, -0.1) is 0 Å². The summed E-state index contributed by atoms with van der Waals surface area (Å²) in [6, 6.07) is 4.97. The molecular weight excluding hydrogens is 256 g/mol. The van der Waals surface area contributed by atoms with Gasteiger partial charge in [-0.05, 0) is 44.5 Å². The molecule has 2 aromatic rings. The van der Waals surface area contributed by atoms with E-state index in [1.807, 2.05) is 20.8 Å². The Morgan fingerprint density at radius 1 is 1.40 bits per heavy atom. The van der Waals surface area contributed by atoms with Crippen LogP contribution in [0, 0.1) is 13.8 Å². The Balaban J connectivity index is 2.10. The smallest absolute Gasteiger partial charge is 0.251 e. The van der Waals surface area contributed by atoms with Crippen LogP contribution in [0.15, 0.2) is 28.8 Å². The third kappa shape index (κ3) is 2.97. The fourth-order valence-electron chi connectivity index (χ4n) is 1.88. The van der Waals surface area contributed by atoms with E-state index in [0.29, 0.717) is 11.5 Å². The lowest BCUT2D eigenvalue weighted by Crippen LogP contribution is -2.27. The zero-order chi connectivity index (χ0) is 14.7. The first kappa shape index (κ1) is 14.1. The van der Waals surface area contributed by atoms with Crippen molar-refractivity contribution < 1.29 is 9.21 Å². The van der Waals surface area contributed by atoms with E-state index in [-0.39, 0.29) is 11.9 Å². The quantitative estimate of drug-likeness (QED) is 0.586. The van der Waals surface area contributed by atoms with Crippen molar-refractivity contribution in [1.82, 2.24) is 10.3 Å². The number of aryl methyl sites for hydroxylation is 2. The van der Waals surface area contributed by atoms with Crippen LogP contribution in [0.4, 0.5) is 5.69 Å². The molecule has 0 saturated heterocycles. The Labute approximate surface area is 117 Å². The van der Waals surface area contributed by atoms with Crippen LogP contribution >= 0.6 is 0 Å². The van der Waals surface area contributed by atoms with E-state index in [1.54, 1.807) is 24.4 Å². The van der Waals surface area contributed by atoms with Crippen molar-refractivity contribution in [2.24, 2.45) is 5.84 Å². The van der Waals surface area contributed by atoms with Gasteiger partial charge >= 0.3 is 0 Å². The van der Waals surface area contributed by atoms with Gasteiger partial charge < -0.3 is 15.2 Å². The van der Waals surface area contributed by atoms with E-state index < -0.39 is 0 Å². The lowest BCUT2D eigenvalue weighted by molar-refractivity contribution is 0.0934. The molecule has 0 aliphatic heterocycles. The summed E-state index contributed by atoms with van der Waals surface area (Å²) in [5, 5.41) is 2.84. The molecule has 1 aromatic carbocycles. The molecule has 0 aliphatic carbocycles. The molecule has 1 heterocycles. The Bertz CT molecular complexity index is 621. The SMILES string of the molecule is Cc1cnc(C(C)NC(=O)c2ccc(NN)c(C)c2)o1. The van der Waals surface area contributed by atoms with Crippen LogP contribution in [0.25, 0.3) is 0 Å². The van der Waals surface area contributed by atoms with Crippen molar-refractivity contribution in [1.29, 1.82) is 0 Å². The number of rotatable bonds is 4. The van der Waals surface area contributed by atoms with Crippen molar-refractivity contribution in [3.8, 4) is 0 Å². The maximum absolute atomic E-state index is 12.2. The van der Waals surface area contributed by atoms with E-state index in [2.05, 4.69) is 15.7 Å². The van der Waals surface area contributed by atoms with Gasteiger partial charge in [0.2, 0.25) is 5.89 Å². The van der Waals surface area contributed by atoms with E-state index in [0.717, 1.165) is 17.0 Å². The van der Waals surface area contributed by atoms with Crippen LogP contribution in [0.2, 0.25) is 0 Å². The molecule has 20 heavy (non-hydrogen) atoms. The number of nitrogens with two attached hydrogens (primary N) is 1. The predicted molar refractivity (Wildman–Crippen MR) is 76.1 cm³/mol. The lowest BCUT2D eigenvalue weighted by Gasteiger charge is -2.12. The zero-order valence-electron chi connectivity index (χ0n) is 11.7. The van der Waals surface area contributed by atoms with Crippen molar-refractivity contribution in [3.63, 3.8) is 0 Å². The van der Waals surface area contributed by atoms with Gasteiger partial charge in [-0.25, -0.2) is 4.98 Å². The first-order chi connectivity index (χ1) is 9.51. The molecule has 0 aliphatic rings. The molecule has 106 valence electrons. The Morgan fingerprint density at radius 2 is 2.15 bits per heavy atom. The van der Waals surface area contributed by atoms with Crippen LogP contribution in [-0.4, -0.2) is 10.9 Å². The molecule has 6 heteroatoms. The molecule has 2 rings (SSSR count). The minimum Gasteiger partial charge on any atom is -0.444 e. The highest BCUT2D eigenvalue weighted by Crippen LogP contribution is 2.17. The second-order valence-corrected chi connectivity index (χ2v) is 4.68. The second-order valence-electron chi connectivity index (χ2n) is 4.68. The molecule has 0 radical (unpaired) electrons. The highest BCUT2D eigenvalue weighted by molar-refractivity contribution is 5.95. The molecule has 0 fully saturated rings. The van der Waals surface area contributed by atoms with Gasteiger partial charge in [0.25, 0.3) is 5.91 Å². The average molecular weight is 274 g/mol. The highest BCUT2D eigenvalue weighted by atomic mass is 16.4. The van der Waals surface area contributed by atoms with Gasteiger partial charge in [-0.3, -0.25) is 10.6 Å². The molecule has 1 aromatic heterocycles. The number of amides is 1. The Hall–Kier alpha value is -2.34. The summed E-state index contributed by atoms with van der Waals surface area (Å²) in [6.45, 7) is 5.52. The maximum atomic E-state index is 12.2. The summed E-state index contributed by atoms with van der Waals surface area (Å²) in [5.74, 6) is 6.40. The number of benzene rings is 1. The molecule has 4 N–H and O–H groups in total. The number of hydrogen-bond donors (Lipinski definition) is 3. The number of hydrogen-bond acceptors (Lipinski definition) is 5. The van der Waals surface area contributed by atoms with Gasteiger partial charge in [0.1, 0.15) is 11.8 Å². The first-order valence-electron chi connectivity index (χ1n) is 6.31. The number of carbonyl (C=O) groups is 1. The Morgan fingerprint density at radius 3 is 2.70 bits per heavy atom. The van der Waals surface area contributed by atoms with Gasteiger partial charge in [-0.2, -0.15) is 0 Å². The van der Waals surface area contributed by atoms with Gasteiger partial charge in [0.15, 0.2) is 0 Å². The normalized spacial score (nSPS) is 12.0. The molecular formula is C14H18N4O2. The van der Waals surface area contributed by atoms with Crippen LogP contribution in [0.5, 0.6) is 0 Å². The number of nitrogens with zero attached hydrogens (tertiary/aromatic N) is 1. The third-order valence-electron chi connectivity index (χ3n) is 3.00. The lowest BCUT2D eigenvalue weighted by atomic mass is 10.1. The molecule has 1 atom stereocenters. The number of carbonyl (C=O) groups excluding carboxylic acids is 1. The van der Waals surface area contributed by atoms with E-state index in [1.165, 1.54) is 0 Å². The number of nitrogens with one attached hydrogen (secondary N) is 2. The van der Waals surface area contributed by atoms with Gasteiger partial charge in [0, 0.05) is 5.56 Å². The van der Waals surface area contributed by atoms with Crippen LogP contribution in [-0.2, 0) is 0 Å². The fraction of sp³-hybridized carbons (Fsp3) is 0.286. The molecule has 1 amide bonds. The van der Waals surface area contributed by atoms with Crippen LogP contribution in [0.1, 0.15) is 40.5 Å². The number of anilines is 1. The van der Waals surface area contributed by atoms with Crippen LogP contribution < -0.4 is 16.6 Å². The Kier molecular flexibility index (Phi) is 4.05. The summed E-state index contributed by atoms with van der Waals surface area (Å²) < 4.78 is 5.39. The first-order valence-corrected chi connectivity index (χ1v) is 6.31. The number of aromatic nitrogens is 1. The van der Waals surface area contributed by atoms with Crippen molar-refractivity contribution in [2.75, 3.05) is 5.43 Å². The summed E-state index contributed by atoms with van der Waals surface area (Å²) >= 11 is 0. The molecule has 0 bridgehead atoms. The minimum absolute atomic E-state index is 0.181. The summed E-state index contributed by atoms with van der Waals surface area (Å²) in [6.07, 6.45) is 1.63. The van der Waals surface area contributed by atoms with E-state index >= 15 is 0 Å². The summed E-state index contributed by atoms with van der Waals surface area (Å²) in [7, 11) is 0. The predicted octanol–water partition coefficient (Wildman–Crippen LogP) is 2.07. The minimum atomic E-state index is -0.288. The standard InChI is InChI=1S/C14H18N4O2/c1-8-6-11(4-5-12(8)18-15)13(19)17-10(3)14-16-7-9(2)20-14/h4-7,10,18H,15H2,1-3H3,(H,17,19). The molecule has 6 nitrogen and oxygen atoms in total. The van der Waals surface area contributed by atoms with Crippen LogP contribution in [0.3, 0.4) is 0 Å². The highest BCUT2D eigenvalue weighted by Gasteiger charge is 2.15. The van der Waals surface area contributed by atoms with Crippen molar-refractivity contribution in [2.45, 2.75) is 26.8 Å². The number of hydrazine groups is 1. The third-order valence-corrected chi connectivity index (χ3v) is 3.00. The molecule has 0 saturated carbocycles. The van der Waals surface area contributed by atoms with Crippen molar-refractivity contribution >= 4 is 11.6 Å². The largest absolute Gasteiger partial charge is 0.444 e. The number of nitrogen functional groups attached to an aromatic ring is 1. The summed E-state index contributed by atoms with van der Waals surface area (Å²) in [4.78, 5) is 16.3. The molecule has 1 unspecified atom stereocenters. The van der Waals surface area contributed by atoms with E-state index in [9.17, 15) is 4.79 Å². The topological polar surface area (TPSA) is 93.2 Å². The summed E-state index contributed by atoms with van der Waals surface area (Å²) in [5.41, 5.74) is 4.83. The van der Waals surface area contributed by atoms with Gasteiger partial charge in [-0.1, -0.05) is 0 Å². The maximum Gasteiger partial charge on any atom is 0.251 e. The fourth-order valence-corrected chi connectivity index (χ4v) is 1.88. The van der Waals surface area contributed by atoms with Gasteiger partial charge in [0.05, 0.1) is 11.9 Å². The molecule has 0 spiro atoms. The van der Waals surface area contributed by atoms with E-state index in [4.69, 9.17) is 10.3 Å². The second kappa shape index (κ2) is 5.75.